The van der Waals surface area contributed by atoms with E-state index in [-0.39, 0.29) is 0 Å². The molecule has 3 nitrogen and oxygen atoms in total. The Morgan fingerprint density at radius 3 is 2.22 bits per heavy atom. The number of hydrogen-bond donors (Lipinski definition) is 0. The molecule has 0 aromatic heterocycles. The van der Waals surface area contributed by atoms with Gasteiger partial charge in [0, 0.05) is 12.1 Å². The molecule has 100 valence electrons. The first-order valence-electron chi connectivity index (χ1n) is 5.91. The quantitative estimate of drug-likeness (QED) is 0.677. The Kier molecular flexibility index (Phi) is 6.89. The molecule has 0 heterocycles. The molecule has 0 unspecified atom stereocenters. The number of rotatable bonds is 7. The third-order valence-electron chi connectivity index (χ3n) is 2.71. The summed E-state index contributed by atoms with van der Waals surface area (Å²) in [5.41, 5.74) is 0.616. The molecule has 0 saturated heterocycles. The first kappa shape index (κ1) is 15.7. The van der Waals surface area contributed by atoms with Crippen molar-refractivity contribution in [2.75, 3.05) is 26.2 Å². The zero-order valence-corrected chi connectivity index (χ0v) is 13.8. The fraction of sp³-hybridized carbons (Fsp3) is 0.462. The monoisotopic (exact) mass is 377 g/mol. The lowest BCUT2D eigenvalue weighted by atomic mass is 10.2. The molecule has 0 atom stereocenters. The van der Waals surface area contributed by atoms with Gasteiger partial charge in [-0.2, -0.15) is 0 Å². The molecule has 0 aliphatic heterocycles. The smallest absolute Gasteiger partial charge is 0.150 e. The molecule has 0 bridgehead atoms. The second-order valence-corrected chi connectivity index (χ2v) is 5.52. The minimum atomic E-state index is 0.616. The molecular formula is C13H17Br2NO2. The van der Waals surface area contributed by atoms with E-state index in [1.165, 1.54) is 0 Å². The SMILES string of the molecule is CCN(CC)CCOc1c(Br)cc(C=O)cc1Br. The Labute approximate surface area is 125 Å². The highest BCUT2D eigenvalue weighted by atomic mass is 79.9. The van der Waals surface area contributed by atoms with E-state index in [1.54, 1.807) is 12.1 Å². The molecule has 0 spiro atoms. The van der Waals surface area contributed by atoms with Gasteiger partial charge in [-0.3, -0.25) is 4.79 Å². The predicted molar refractivity (Wildman–Crippen MR) is 80.5 cm³/mol. The Hall–Kier alpha value is -0.390. The van der Waals surface area contributed by atoms with Crippen LogP contribution in [0, 0.1) is 0 Å². The maximum absolute atomic E-state index is 10.7. The summed E-state index contributed by atoms with van der Waals surface area (Å²) >= 11 is 6.83. The molecule has 0 fully saturated rings. The molecule has 0 radical (unpaired) electrons. The number of hydrogen-bond acceptors (Lipinski definition) is 3. The highest BCUT2D eigenvalue weighted by Gasteiger charge is 2.09. The van der Waals surface area contributed by atoms with Crippen LogP contribution in [0.4, 0.5) is 0 Å². The van der Waals surface area contributed by atoms with Gasteiger partial charge in [-0.05, 0) is 57.1 Å². The van der Waals surface area contributed by atoms with Crippen molar-refractivity contribution in [2.24, 2.45) is 0 Å². The molecule has 1 aromatic carbocycles. The van der Waals surface area contributed by atoms with Crippen LogP contribution >= 0.6 is 31.9 Å². The molecule has 0 N–H and O–H groups in total. The second kappa shape index (κ2) is 7.92. The van der Waals surface area contributed by atoms with Crippen LogP contribution in [0.15, 0.2) is 21.1 Å². The fourth-order valence-electron chi connectivity index (χ4n) is 1.60. The number of nitrogens with zero attached hydrogens (tertiary/aromatic N) is 1. The van der Waals surface area contributed by atoms with Gasteiger partial charge in [0.05, 0.1) is 8.95 Å². The van der Waals surface area contributed by atoms with E-state index in [0.717, 1.165) is 40.6 Å². The van der Waals surface area contributed by atoms with E-state index in [0.29, 0.717) is 12.2 Å². The maximum atomic E-state index is 10.7. The van der Waals surface area contributed by atoms with Gasteiger partial charge >= 0.3 is 0 Å². The van der Waals surface area contributed by atoms with Crippen molar-refractivity contribution < 1.29 is 9.53 Å². The second-order valence-electron chi connectivity index (χ2n) is 3.81. The average molecular weight is 379 g/mol. The number of halogens is 2. The molecule has 0 amide bonds. The topological polar surface area (TPSA) is 29.5 Å². The van der Waals surface area contributed by atoms with Crippen LogP contribution in [0.2, 0.25) is 0 Å². The van der Waals surface area contributed by atoms with Crippen molar-refractivity contribution in [1.82, 2.24) is 4.90 Å². The van der Waals surface area contributed by atoms with Gasteiger partial charge in [0.2, 0.25) is 0 Å². The third-order valence-corrected chi connectivity index (χ3v) is 3.88. The number of likely N-dealkylation sites (N-methyl/N-ethyl adjacent to an activating group) is 1. The van der Waals surface area contributed by atoms with Gasteiger partial charge in [-0.25, -0.2) is 0 Å². The van der Waals surface area contributed by atoms with Crippen LogP contribution in [-0.2, 0) is 0 Å². The largest absolute Gasteiger partial charge is 0.490 e. The van der Waals surface area contributed by atoms with Crippen LogP contribution in [0.1, 0.15) is 24.2 Å². The molecule has 0 saturated carbocycles. The molecular weight excluding hydrogens is 362 g/mol. The zero-order valence-electron chi connectivity index (χ0n) is 10.6. The molecule has 1 rings (SSSR count). The van der Waals surface area contributed by atoms with Crippen molar-refractivity contribution in [3.05, 3.63) is 26.6 Å². The summed E-state index contributed by atoms with van der Waals surface area (Å²) < 4.78 is 7.33. The van der Waals surface area contributed by atoms with Crippen molar-refractivity contribution in [2.45, 2.75) is 13.8 Å². The van der Waals surface area contributed by atoms with Crippen LogP contribution in [0.5, 0.6) is 5.75 Å². The van der Waals surface area contributed by atoms with E-state index >= 15 is 0 Å². The number of carbonyl (C=O) groups excluding carboxylic acids is 1. The summed E-state index contributed by atoms with van der Waals surface area (Å²) in [6, 6.07) is 3.51. The Morgan fingerprint density at radius 2 is 1.78 bits per heavy atom. The highest BCUT2D eigenvalue weighted by molar-refractivity contribution is 9.11. The van der Waals surface area contributed by atoms with Crippen LogP contribution < -0.4 is 4.74 Å². The number of ether oxygens (including phenoxy) is 1. The third kappa shape index (κ3) is 4.37. The Morgan fingerprint density at radius 1 is 1.22 bits per heavy atom. The van der Waals surface area contributed by atoms with Crippen LogP contribution in [0.25, 0.3) is 0 Å². The average Bonchev–Trinajstić information content (AvgIpc) is 2.37. The minimum absolute atomic E-state index is 0.616. The van der Waals surface area contributed by atoms with Crippen molar-refractivity contribution in [3.8, 4) is 5.75 Å². The lowest BCUT2D eigenvalue weighted by molar-refractivity contribution is 0.112. The van der Waals surface area contributed by atoms with Gasteiger partial charge < -0.3 is 9.64 Å². The van der Waals surface area contributed by atoms with E-state index in [2.05, 4.69) is 50.6 Å². The van der Waals surface area contributed by atoms with Gasteiger partial charge in [-0.1, -0.05) is 13.8 Å². The van der Waals surface area contributed by atoms with Gasteiger partial charge in [0.1, 0.15) is 18.6 Å². The van der Waals surface area contributed by atoms with E-state index in [9.17, 15) is 4.79 Å². The summed E-state index contributed by atoms with van der Waals surface area (Å²) in [6.45, 7) is 7.82. The van der Waals surface area contributed by atoms with Gasteiger partial charge in [0.15, 0.2) is 0 Å². The molecule has 5 heteroatoms. The molecule has 0 aliphatic rings. The fourth-order valence-corrected chi connectivity index (χ4v) is 3.05. The van der Waals surface area contributed by atoms with Crippen molar-refractivity contribution in [3.63, 3.8) is 0 Å². The highest BCUT2D eigenvalue weighted by Crippen LogP contribution is 2.34. The van der Waals surface area contributed by atoms with Crippen LogP contribution in [-0.4, -0.2) is 37.4 Å². The van der Waals surface area contributed by atoms with Gasteiger partial charge in [0.25, 0.3) is 0 Å². The van der Waals surface area contributed by atoms with E-state index in [1.807, 2.05) is 0 Å². The van der Waals surface area contributed by atoms with Gasteiger partial charge in [-0.15, -0.1) is 0 Å². The summed E-state index contributed by atoms with van der Waals surface area (Å²) in [6.07, 6.45) is 0.815. The molecule has 0 aliphatic carbocycles. The first-order valence-corrected chi connectivity index (χ1v) is 7.50. The predicted octanol–water partition coefficient (Wildman–Crippen LogP) is 3.74. The van der Waals surface area contributed by atoms with Crippen molar-refractivity contribution in [1.29, 1.82) is 0 Å². The summed E-state index contributed by atoms with van der Waals surface area (Å²) in [5.74, 6) is 0.743. The number of carbonyl (C=O) groups is 1. The normalized spacial score (nSPS) is 10.7. The van der Waals surface area contributed by atoms with Crippen molar-refractivity contribution >= 4 is 38.1 Å². The zero-order chi connectivity index (χ0) is 13.5. The lowest BCUT2D eigenvalue weighted by Crippen LogP contribution is -2.28. The summed E-state index contributed by atoms with van der Waals surface area (Å²) in [4.78, 5) is 13.0. The summed E-state index contributed by atoms with van der Waals surface area (Å²) in [5, 5.41) is 0. The van der Waals surface area contributed by atoms with E-state index in [4.69, 9.17) is 4.74 Å². The molecule has 18 heavy (non-hydrogen) atoms. The maximum Gasteiger partial charge on any atom is 0.150 e. The lowest BCUT2D eigenvalue weighted by Gasteiger charge is -2.18. The van der Waals surface area contributed by atoms with Crippen LogP contribution in [0.3, 0.4) is 0 Å². The Bertz CT molecular complexity index is 383. The summed E-state index contributed by atoms with van der Waals surface area (Å²) in [7, 11) is 0. The standard InChI is InChI=1S/C13H17Br2NO2/c1-3-16(4-2)5-6-18-13-11(14)7-10(9-17)8-12(13)15/h7-9H,3-6H2,1-2H3. The minimum Gasteiger partial charge on any atom is -0.490 e. The number of benzene rings is 1. The number of aldehydes is 1. The van der Waals surface area contributed by atoms with E-state index < -0.39 is 0 Å². The molecule has 1 aromatic rings. The first-order chi connectivity index (χ1) is 8.62. The Balaban J connectivity index is 2.65.